The van der Waals surface area contributed by atoms with Crippen molar-refractivity contribution in [2.75, 3.05) is 32.1 Å². The molecule has 5 nitrogen and oxygen atoms in total. The summed E-state index contributed by atoms with van der Waals surface area (Å²) in [7, 11) is 3.55. The third kappa shape index (κ3) is 3.48. The molecule has 1 saturated heterocycles. The van der Waals surface area contributed by atoms with Crippen LogP contribution in [-0.2, 0) is 6.54 Å². The molecule has 1 aliphatic heterocycles. The van der Waals surface area contributed by atoms with Gasteiger partial charge in [-0.1, -0.05) is 6.07 Å². The lowest BCUT2D eigenvalue weighted by molar-refractivity contribution is 0.196. The maximum absolute atomic E-state index is 13.8. The zero-order valence-corrected chi connectivity index (χ0v) is 14.6. The summed E-state index contributed by atoms with van der Waals surface area (Å²) in [4.78, 5) is 13.3. The summed E-state index contributed by atoms with van der Waals surface area (Å²) in [5.41, 5.74) is 1.94. The van der Waals surface area contributed by atoms with E-state index in [0.717, 1.165) is 36.0 Å². The molecule has 0 radical (unpaired) electrons. The second-order valence-corrected chi connectivity index (χ2v) is 6.36. The Morgan fingerprint density at radius 1 is 1.25 bits per heavy atom. The summed E-state index contributed by atoms with van der Waals surface area (Å²) in [5, 5.41) is 0. The van der Waals surface area contributed by atoms with Crippen molar-refractivity contribution in [1.82, 2.24) is 14.9 Å². The number of halogens is 1. The molecule has 0 amide bonds. The molecule has 0 bridgehead atoms. The van der Waals surface area contributed by atoms with Crippen LogP contribution in [0.25, 0.3) is 0 Å². The van der Waals surface area contributed by atoms with E-state index >= 15 is 0 Å². The van der Waals surface area contributed by atoms with Crippen molar-refractivity contribution in [3.63, 3.8) is 0 Å². The zero-order valence-electron chi connectivity index (χ0n) is 14.6. The first-order chi connectivity index (χ1) is 11.5. The SMILES string of the molecule is COc1ccc(CN(C)C2CN(c3cc(C)nc(C)n3)C2)cc1F. The predicted octanol–water partition coefficient (Wildman–Crippen LogP) is 2.56. The van der Waals surface area contributed by atoms with Gasteiger partial charge < -0.3 is 9.64 Å². The van der Waals surface area contributed by atoms with E-state index < -0.39 is 0 Å². The minimum absolute atomic E-state index is 0.283. The van der Waals surface area contributed by atoms with Crippen LogP contribution >= 0.6 is 0 Å². The lowest BCUT2D eigenvalue weighted by Crippen LogP contribution is -2.58. The Morgan fingerprint density at radius 2 is 2.00 bits per heavy atom. The molecule has 1 fully saturated rings. The summed E-state index contributed by atoms with van der Waals surface area (Å²) < 4.78 is 18.8. The highest BCUT2D eigenvalue weighted by Gasteiger charge is 2.31. The molecule has 0 unspecified atom stereocenters. The largest absolute Gasteiger partial charge is 0.494 e. The van der Waals surface area contributed by atoms with E-state index in [-0.39, 0.29) is 11.6 Å². The van der Waals surface area contributed by atoms with Crippen LogP contribution < -0.4 is 9.64 Å². The minimum atomic E-state index is -0.314. The van der Waals surface area contributed by atoms with E-state index in [4.69, 9.17) is 4.74 Å². The van der Waals surface area contributed by atoms with Crippen LogP contribution in [0.1, 0.15) is 17.1 Å². The summed E-state index contributed by atoms with van der Waals surface area (Å²) >= 11 is 0. The summed E-state index contributed by atoms with van der Waals surface area (Å²) in [6.45, 7) is 6.45. The lowest BCUT2D eigenvalue weighted by atomic mass is 10.1. The molecule has 1 aliphatic rings. The summed E-state index contributed by atoms with van der Waals surface area (Å²) in [5.74, 6) is 1.76. The monoisotopic (exact) mass is 330 g/mol. The van der Waals surface area contributed by atoms with Crippen molar-refractivity contribution in [1.29, 1.82) is 0 Å². The van der Waals surface area contributed by atoms with Crippen molar-refractivity contribution in [3.8, 4) is 5.75 Å². The predicted molar refractivity (Wildman–Crippen MR) is 91.9 cm³/mol. The lowest BCUT2D eigenvalue weighted by Gasteiger charge is -2.44. The number of aromatic nitrogens is 2. The molecule has 0 atom stereocenters. The van der Waals surface area contributed by atoms with Gasteiger partial charge in [-0.15, -0.1) is 0 Å². The van der Waals surface area contributed by atoms with E-state index in [1.807, 2.05) is 26.0 Å². The normalized spacial score (nSPS) is 14.8. The quantitative estimate of drug-likeness (QED) is 0.843. The maximum Gasteiger partial charge on any atom is 0.165 e. The molecule has 1 aromatic heterocycles. The number of hydrogen-bond donors (Lipinski definition) is 0. The van der Waals surface area contributed by atoms with Gasteiger partial charge in [0.2, 0.25) is 0 Å². The standard InChI is InChI=1S/C18H23FN4O/c1-12-7-18(21-13(2)20-12)23-10-15(11-23)22(3)9-14-5-6-17(24-4)16(19)8-14/h5-8,15H,9-11H2,1-4H3. The van der Waals surface area contributed by atoms with Crippen LogP contribution in [0.5, 0.6) is 5.75 Å². The summed E-state index contributed by atoms with van der Waals surface area (Å²) in [6, 6.07) is 7.58. The minimum Gasteiger partial charge on any atom is -0.494 e. The van der Waals surface area contributed by atoms with Gasteiger partial charge in [0.05, 0.1) is 7.11 Å². The molecular weight excluding hydrogens is 307 g/mol. The first-order valence-electron chi connectivity index (χ1n) is 8.06. The van der Waals surface area contributed by atoms with Gasteiger partial charge >= 0.3 is 0 Å². The van der Waals surface area contributed by atoms with Crippen LogP contribution in [0, 0.1) is 19.7 Å². The Balaban J connectivity index is 1.58. The fourth-order valence-electron chi connectivity index (χ4n) is 3.01. The van der Waals surface area contributed by atoms with E-state index in [1.54, 1.807) is 12.1 Å². The highest BCUT2D eigenvalue weighted by molar-refractivity contribution is 5.43. The summed E-state index contributed by atoms with van der Waals surface area (Å²) in [6.07, 6.45) is 0. The van der Waals surface area contributed by atoms with Crippen LogP contribution in [0.4, 0.5) is 10.2 Å². The van der Waals surface area contributed by atoms with Crippen molar-refractivity contribution in [2.24, 2.45) is 0 Å². The van der Waals surface area contributed by atoms with Gasteiger partial charge in [0, 0.05) is 37.4 Å². The fraction of sp³-hybridized carbons (Fsp3) is 0.444. The number of ether oxygens (including phenoxy) is 1. The fourth-order valence-corrected chi connectivity index (χ4v) is 3.01. The maximum atomic E-state index is 13.8. The molecule has 0 N–H and O–H groups in total. The molecule has 2 heterocycles. The number of anilines is 1. The molecule has 2 aromatic rings. The molecule has 24 heavy (non-hydrogen) atoms. The van der Waals surface area contributed by atoms with Gasteiger partial charge in [-0.25, -0.2) is 14.4 Å². The first-order valence-corrected chi connectivity index (χ1v) is 8.06. The smallest absolute Gasteiger partial charge is 0.165 e. The Morgan fingerprint density at radius 3 is 2.62 bits per heavy atom. The molecule has 6 heteroatoms. The van der Waals surface area contributed by atoms with Gasteiger partial charge in [0.15, 0.2) is 11.6 Å². The average Bonchev–Trinajstić information content (AvgIpc) is 2.44. The second-order valence-electron chi connectivity index (χ2n) is 6.36. The second kappa shape index (κ2) is 6.73. The number of nitrogens with zero attached hydrogens (tertiary/aromatic N) is 4. The van der Waals surface area contributed by atoms with Gasteiger partial charge in [0.25, 0.3) is 0 Å². The van der Waals surface area contributed by atoms with Gasteiger partial charge in [0.1, 0.15) is 11.6 Å². The highest BCUT2D eigenvalue weighted by Crippen LogP contribution is 2.24. The van der Waals surface area contributed by atoms with Crippen molar-refractivity contribution >= 4 is 5.82 Å². The van der Waals surface area contributed by atoms with Gasteiger partial charge in [-0.05, 0) is 38.6 Å². The van der Waals surface area contributed by atoms with E-state index in [0.29, 0.717) is 12.6 Å². The number of hydrogen-bond acceptors (Lipinski definition) is 5. The molecule has 0 aliphatic carbocycles. The van der Waals surface area contributed by atoms with Crippen molar-refractivity contribution < 1.29 is 9.13 Å². The van der Waals surface area contributed by atoms with Crippen LogP contribution in [0.2, 0.25) is 0 Å². The van der Waals surface area contributed by atoms with Gasteiger partial charge in [-0.2, -0.15) is 0 Å². The van der Waals surface area contributed by atoms with E-state index in [1.165, 1.54) is 7.11 Å². The number of benzene rings is 1. The Labute approximate surface area is 142 Å². The molecule has 0 spiro atoms. The topological polar surface area (TPSA) is 41.5 Å². The van der Waals surface area contributed by atoms with E-state index in [9.17, 15) is 4.39 Å². The van der Waals surface area contributed by atoms with Gasteiger partial charge in [-0.3, -0.25) is 4.90 Å². The van der Waals surface area contributed by atoms with E-state index in [2.05, 4.69) is 26.8 Å². The highest BCUT2D eigenvalue weighted by atomic mass is 19.1. The van der Waals surface area contributed by atoms with Crippen LogP contribution in [0.3, 0.4) is 0 Å². The number of aryl methyl sites for hydroxylation is 2. The van der Waals surface area contributed by atoms with Crippen molar-refractivity contribution in [3.05, 3.63) is 47.2 Å². The number of likely N-dealkylation sites (N-methyl/N-ethyl adjacent to an activating group) is 1. The molecular formula is C18H23FN4O. The average molecular weight is 330 g/mol. The first kappa shape index (κ1) is 16.6. The Kier molecular flexibility index (Phi) is 4.66. The third-order valence-corrected chi connectivity index (χ3v) is 4.41. The Hall–Kier alpha value is -2.21. The number of methoxy groups -OCH3 is 1. The molecule has 1 aromatic carbocycles. The van der Waals surface area contributed by atoms with Crippen molar-refractivity contribution in [2.45, 2.75) is 26.4 Å². The Bertz CT molecular complexity index is 711. The number of rotatable bonds is 5. The molecule has 3 rings (SSSR count). The van der Waals surface area contributed by atoms with Crippen LogP contribution in [0.15, 0.2) is 24.3 Å². The zero-order chi connectivity index (χ0) is 17.3. The molecule has 128 valence electrons. The van der Waals surface area contributed by atoms with Crippen LogP contribution in [-0.4, -0.2) is 48.2 Å². The molecule has 0 saturated carbocycles. The third-order valence-electron chi connectivity index (χ3n) is 4.41.